The Hall–Kier alpha value is -1.14. The molecule has 2 saturated heterocycles. The fraction of sp³-hybridized carbons (Fsp3) is 0.833. The van der Waals surface area contributed by atoms with E-state index in [2.05, 4.69) is 5.32 Å². The molecular weight excluding hydrogens is 234 g/mol. The average molecular weight is 255 g/mol. The van der Waals surface area contributed by atoms with Crippen LogP contribution < -0.4 is 11.1 Å². The summed E-state index contributed by atoms with van der Waals surface area (Å²) in [5, 5.41) is 2.84. The Morgan fingerprint density at radius 3 is 2.67 bits per heavy atom. The van der Waals surface area contributed by atoms with Gasteiger partial charge in [0.05, 0.1) is 5.54 Å². The van der Waals surface area contributed by atoms with Crippen LogP contribution in [0.3, 0.4) is 0 Å². The Kier molecular flexibility index (Phi) is 3.87. The molecule has 0 spiro atoms. The van der Waals surface area contributed by atoms with Gasteiger partial charge in [-0.05, 0) is 19.3 Å². The van der Waals surface area contributed by atoms with Gasteiger partial charge in [0, 0.05) is 39.3 Å². The molecular formula is C12H21N3O3. The smallest absolute Gasteiger partial charge is 0.242 e. The molecule has 6 heteroatoms. The monoisotopic (exact) mass is 255 g/mol. The molecule has 1 unspecified atom stereocenters. The molecule has 0 radical (unpaired) electrons. The number of carbonyl (C=O) groups excluding carboxylic acids is 2. The Labute approximate surface area is 107 Å². The van der Waals surface area contributed by atoms with Crippen LogP contribution in [-0.4, -0.2) is 54.6 Å². The summed E-state index contributed by atoms with van der Waals surface area (Å²) >= 11 is 0. The molecule has 2 heterocycles. The lowest BCUT2D eigenvalue weighted by Gasteiger charge is -2.35. The van der Waals surface area contributed by atoms with Gasteiger partial charge in [0.25, 0.3) is 0 Å². The van der Waals surface area contributed by atoms with E-state index in [1.807, 2.05) is 0 Å². The van der Waals surface area contributed by atoms with Gasteiger partial charge in [0.15, 0.2) is 0 Å². The number of amides is 2. The molecule has 0 aromatic heterocycles. The standard InChI is InChI=1S/C12H21N3O3/c1-9(16)14-10-2-5-15(8-10)11(17)12(13)3-6-18-7-4-12/h10H,2-8,13H2,1H3,(H,14,16). The quantitative estimate of drug-likeness (QED) is 0.678. The first kappa shape index (κ1) is 13.3. The normalized spacial score (nSPS) is 27.0. The third-order valence-electron chi connectivity index (χ3n) is 3.69. The molecule has 0 aromatic carbocycles. The van der Waals surface area contributed by atoms with Crippen LogP contribution in [0.5, 0.6) is 0 Å². The van der Waals surface area contributed by atoms with Gasteiger partial charge in [-0.2, -0.15) is 0 Å². The van der Waals surface area contributed by atoms with E-state index in [1.54, 1.807) is 4.90 Å². The largest absolute Gasteiger partial charge is 0.381 e. The number of ether oxygens (including phenoxy) is 1. The van der Waals surface area contributed by atoms with Crippen molar-refractivity contribution in [3.05, 3.63) is 0 Å². The Morgan fingerprint density at radius 1 is 1.39 bits per heavy atom. The van der Waals surface area contributed by atoms with Gasteiger partial charge in [-0.25, -0.2) is 0 Å². The van der Waals surface area contributed by atoms with Crippen LogP contribution >= 0.6 is 0 Å². The number of nitrogens with two attached hydrogens (primary N) is 1. The second-order valence-electron chi connectivity index (χ2n) is 5.21. The molecule has 2 amide bonds. The number of carbonyl (C=O) groups is 2. The second-order valence-corrected chi connectivity index (χ2v) is 5.21. The van der Waals surface area contributed by atoms with Crippen LogP contribution in [0.2, 0.25) is 0 Å². The first-order valence-corrected chi connectivity index (χ1v) is 6.44. The topological polar surface area (TPSA) is 84.7 Å². The predicted molar refractivity (Wildman–Crippen MR) is 65.8 cm³/mol. The lowest BCUT2D eigenvalue weighted by molar-refractivity contribution is -0.139. The van der Waals surface area contributed by atoms with E-state index in [1.165, 1.54) is 6.92 Å². The summed E-state index contributed by atoms with van der Waals surface area (Å²) in [4.78, 5) is 25.1. The summed E-state index contributed by atoms with van der Waals surface area (Å²) in [6, 6.07) is 0.0647. The molecule has 0 bridgehead atoms. The third kappa shape index (κ3) is 2.81. The highest BCUT2D eigenvalue weighted by Gasteiger charge is 2.41. The second kappa shape index (κ2) is 5.24. The van der Waals surface area contributed by atoms with Crippen molar-refractivity contribution in [1.82, 2.24) is 10.2 Å². The van der Waals surface area contributed by atoms with Gasteiger partial charge in [-0.1, -0.05) is 0 Å². The SMILES string of the molecule is CC(=O)NC1CCN(C(=O)C2(N)CCOCC2)C1. The van der Waals surface area contributed by atoms with Crippen molar-refractivity contribution in [3.8, 4) is 0 Å². The fourth-order valence-corrected chi connectivity index (χ4v) is 2.61. The summed E-state index contributed by atoms with van der Waals surface area (Å²) in [6.45, 7) is 3.82. The highest BCUT2D eigenvalue weighted by molar-refractivity contribution is 5.86. The molecule has 2 aliphatic rings. The van der Waals surface area contributed by atoms with E-state index in [4.69, 9.17) is 10.5 Å². The Bertz CT molecular complexity index is 339. The zero-order valence-electron chi connectivity index (χ0n) is 10.8. The Morgan fingerprint density at radius 2 is 2.06 bits per heavy atom. The minimum Gasteiger partial charge on any atom is -0.381 e. The molecule has 18 heavy (non-hydrogen) atoms. The van der Waals surface area contributed by atoms with Crippen LogP contribution in [0, 0.1) is 0 Å². The van der Waals surface area contributed by atoms with E-state index in [-0.39, 0.29) is 17.9 Å². The van der Waals surface area contributed by atoms with Crippen molar-refractivity contribution < 1.29 is 14.3 Å². The van der Waals surface area contributed by atoms with Crippen LogP contribution in [0.15, 0.2) is 0 Å². The van der Waals surface area contributed by atoms with Gasteiger partial charge in [-0.3, -0.25) is 9.59 Å². The van der Waals surface area contributed by atoms with Crippen molar-refractivity contribution in [2.45, 2.75) is 37.8 Å². The summed E-state index contributed by atoms with van der Waals surface area (Å²) in [6.07, 6.45) is 1.96. The van der Waals surface area contributed by atoms with E-state index in [0.29, 0.717) is 39.1 Å². The van der Waals surface area contributed by atoms with Crippen LogP contribution in [-0.2, 0) is 14.3 Å². The van der Waals surface area contributed by atoms with E-state index < -0.39 is 5.54 Å². The van der Waals surface area contributed by atoms with Crippen molar-refractivity contribution in [2.24, 2.45) is 5.73 Å². The highest BCUT2D eigenvalue weighted by Crippen LogP contribution is 2.23. The van der Waals surface area contributed by atoms with Crippen molar-refractivity contribution >= 4 is 11.8 Å². The van der Waals surface area contributed by atoms with Crippen LogP contribution in [0.25, 0.3) is 0 Å². The molecule has 102 valence electrons. The molecule has 6 nitrogen and oxygen atoms in total. The van der Waals surface area contributed by atoms with Gasteiger partial charge in [0.2, 0.25) is 11.8 Å². The molecule has 0 aliphatic carbocycles. The number of rotatable bonds is 2. The van der Waals surface area contributed by atoms with E-state index in [0.717, 1.165) is 6.42 Å². The zero-order chi connectivity index (χ0) is 13.2. The average Bonchev–Trinajstić information content (AvgIpc) is 2.76. The van der Waals surface area contributed by atoms with Gasteiger partial charge in [0.1, 0.15) is 0 Å². The van der Waals surface area contributed by atoms with Gasteiger partial charge >= 0.3 is 0 Å². The van der Waals surface area contributed by atoms with Gasteiger partial charge < -0.3 is 20.7 Å². The number of likely N-dealkylation sites (tertiary alicyclic amines) is 1. The van der Waals surface area contributed by atoms with Crippen molar-refractivity contribution in [3.63, 3.8) is 0 Å². The number of nitrogens with one attached hydrogen (secondary N) is 1. The summed E-state index contributed by atoms with van der Waals surface area (Å²) < 4.78 is 5.24. The minimum absolute atomic E-state index is 0.00125. The number of hydrogen-bond acceptors (Lipinski definition) is 4. The molecule has 2 fully saturated rings. The van der Waals surface area contributed by atoms with E-state index >= 15 is 0 Å². The van der Waals surface area contributed by atoms with Crippen LogP contribution in [0.4, 0.5) is 0 Å². The first-order valence-electron chi connectivity index (χ1n) is 6.44. The molecule has 1 atom stereocenters. The number of nitrogens with zero attached hydrogens (tertiary/aromatic N) is 1. The van der Waals surface area contributed by atoms with Crippen LogP contribution in [0.1, 0.15) is 26.2 Å². The maximum atomic E-state index is 12.4. The van der Waals surface area contributed by atoms with Crippen molar-refractivity contribution in [2.75, 3.05) is 26.3 Å². The summed E-state index contributed by atoms with van der Waals surface area (Å²) in [5.41, 5.74) is 5.40. The van der Waals surface area contributed by atoms with E-state index in [9.17, 15) is 9.59 Å². The summed E-state index contributed by atoms with van der Waals surface area (Å²) in [7, 11) is 0. The van der Waals surface area contributed by atoms with Gasteiger partial charge in [-0.15, -0.1) is 0 Å². The van der Waals surface area contributed by atoms with Crippen molar-refractivity contribution in [1.29, 1.82) is 0 Å². The first-order chi connectivity index (χ1) is 8.51. The third-order valence-corrected chi connectivity index (χ3v) is 3.69. The lowest BCUT2D eigenvalue weighted by atomic mass is 9.90. The lowest BCUT2D eigenvalue weighted by Crippen LogP contribution is -2.57. The molecule has 0 saturated carbocycles. The molecule has 3 N–H and O–H groups in total. The molecule has 2 rings (SSSR count). The predicted octanol–water partition coefficient (Wildman–Crippen LogP) is -0.769. The molecule has 0 aromatic rings. The Balaban J connectivity index is 1.92. The maximum Gasteiger partial charge on any atom is 0.242 e. The maximum absolute atomic E-state index is 12.4. The summed E-state index contributed by atoms with van der Waals surface area (Å²) in [5.74, 6) is -0.0542. The highest BCUT2D eigenvalue weighted by atomic mass is 16.5. The fourth-order valence-electron chi connectivity index (χ4n) is 2.61. The zero-order valence-corrected chi connectivity index (χ0v) is 10.8. The molecule has 2 aliphatic heterocycles. The minimum atomic E-state index is -0.774. The number of hydrogen-bond donors (Lipinski definition) is 2.